The minimum atomic E-state index is -0.189. The molecule has 7 heteroatoms. The van der Waals surface area contributed by atoms with Crippen LogP contribution in [0.5, 0.6) is 0 Å². The molecule has 1 aliphatic rings. The summed E-state index contributed by atoms with van der Waals surface area (Å²) in [6, 6.07) is 4.08. The van der Waals surface area contributed by atoms with Crippen LogP contribution in [0.2, 0.25) is 0 Å². The third kappa shape index (κ3) is 3.83. The van der Waals surface area contributed by atoms with Crippen LogP contribution in [0.4, 0.5) is 0 Å². The Morgan fingerprint density at radius 1 is 1.38 bits per heavy atom. The zero-order chi connectivity index (χ0) is 18.7. The van der Waals surface area contributed by atoms with Gasteiger partial charge in [-0.05, 0) is 39.3 Å². The molecule has 0 spiro atoms. The molecular formula is C19H25N5O2. The number of carbonyl (C=O) groups excluding carboxylic acids is 1. The smallest absolute Gasteiger partial charge is 0.254 e. The van der Waals surface area contributed by atoms with Gasteiger partial charge in [0.2, 0.25) is 5.91 Å². The Labute approximate surface area is 152 Å². The maximum Gasteiger partial charge on any atom is 0.254 e. The van der Waals surface area contributed by atoms with E-state index in [4.69, 9.17) is 0 Å². The molecule has 2 unspecified atom stereocenters. The summed E-state index contributed by atoms with van der Waals surface area (Å²) in [7, 11) is 0. The normalized spacial score (nSPS) is 20.2. The lowest BCUT2D eigenvalue weighted by Crippen LogP contribution is -2.57. The first kappa shape index (κ1) is 18.3. The van der Waals surface area contributed by atoms with Gasteiger partial charge in [-0.3, -0.25) is 14.6 Å². The molecule has 2 N–H and O–H groups in total. The van der Waals surface area contributed by atoms with E-state index in [2.05, 4.69) is 34.1 Å². The molecule has 0 bridgehead atoms. The summed E-state index contributed by atoms with van der Waals surface area (Å²) in [5.41, 5.74) is 1.80. The van der Waals surface area contributed by atoms with E-state index in [9.17, 15) is 9.59 Å². The molecule has 3 heterocycles. The van der Waals surface area contributed by atoms with Gasteiger partial charge in [-0.15, -0.1) is 0 Å². The van der Waals surface area contributed by atoms with Crippen LogP contribution < -0.4 is 10.9 Å². The average molecular weight is 355 g/mol. The predicted octanol–water partition coefficient (Wildman–Crippen LogP) is 1.28. The third-order valence-electron chi connectivity index (χ3n) is 5.10. The van der Waals surface area contributed by atoms with Crippen molar-refractivity contribution in [2.45, 2.75) is 45.7 Å². The maximum absolute atomic E-state index is 12.6. The third-order valence-corrected chi connectivity index (χ3v) is 5.10. The molecule has 0 saturated carbocycles. The highest BCUT2D eigenvalue weighted by Crippen LogP contribution is 2.15. The second-order valence-electron chi connectivity index (χ2n) is 6.79. The Kier molecular flexibility index (Phi) is 5.46. The van der Waals surface area contributed by atoms with Gasteiger partial charge >= 0.3 is 0 Å². The minimum Gasteiger partial charge on any atom is -0.337 e. The van der Waals surface area contributed by atoms with Crippen LogP contribution in [-0.4, -0.2) is 50.9 Å². The standard InChI is InChI=1S/C19H25N5O2/c1-12-14(3)24(10-9-21-12)17(25)7-6-16-13(2)22-18(23-19(16)26)15-5-4-8-20-11-15/h4-5,8,11-12,14,21H,6-7,9-10H2,1-3H3,(H,22,23,26). The van der Waals surface area contributed by atoms with Crippen molar-refractivity contribution in [2.24, 2.45) is 0 Å². The van der Waals surface area contributed by atoms with Gasteiger partial charge < -0.3 is 15.2 Å². The van der Waals surface area contributed by atoms with E-state index in [1.807, 2.05) is 17.9 Å². The van der Waals surface area contributed by atoms with Gasteiger partial charge in [-0.2, -0.15) is 0 Å². The Bertz CT molecular complexity index is 834. The number of carbonyl (C=O) groups is 1. The molecule has 1 fully saturated rings. The van der Waals surface area contributed by atoms with Crippen LogP contribution in [0.1, 0.15) is 31.5 Å². The minimum absolute atomic E-state index is 0.0842. The topological polar surface area (TPSA) is 91.0 Å². The number of nitrogens with one attached hydrogen (secondary N) is 2. The second-order valence-corrected chi connectivity index (χ2v) is 6.79. The van der Waals surface area contributed by atoms with E-state index in [1.54, 1.807) is 18.5 Å². The number of rotatable bonds is 4. The summed E-state index contributed by atoms with van der Waals surface area (Å²) in [5, 5.41) is 3.37. The van der Waals surface area contributed by atoms with E-state index in [0.717, 1.165) is 12.1 Å². The van der Waals surface area contributed by atoms with Crippen molar-refractivity contribution in [3.8, 4) is 11.4 Å². The van der Waals surface area contributed by atoms with Crippen LogP contribution >= 0.6 is 0 Å². The number of hydrogen-bond acceptors (Lipinski definition) is 5. The fourth-order valence-electron chi connectivity index (χ4n) is 3.33. The summed E-state index contributed by atoms with van der Waals surface area (Å²) in [6.07, 6.45) is 4.04. The fourth-order valence-corrected chi connectivity index (χ4v) is 3.33. The summed E-state index contributed by atoms with van der Waals surface area (Å²) < 4.78 is 0. The zero-order valence-corrected chi connectivity index (χ0v) is 15.5. The summed E-state index contributed by atoms with van der Waals surface area (Å²) in [4.78, 5) is 38.3. The molecule has 1 saturated heterocycles. The fraction of sp³-hybridized carbons (Fsp3) is 0.474. The van der Waals surface area contributed by atoms with Crippen molar-refractivity contribution < 1.29 is 4.79 Å². The van der Waals surface area contributed by atoms with Gasteiger partial charge in [0.15, 0.2) is 0 Å². The molecule has 0 aromatic carbocycles. The quantitative estimate of drug-likeness (QED) is 0.862. The largest absolute Gasteiger partial charge is 0.337 e. The monoisotopic (exact) mass is 355 g/mol. The number of pyridine rings is 1. The van der Waals surface area contributed by atoms with E-state index in [1.165, 1.54) is 0 Å². The zero-order valence-electron chi connectivity index (χ0n) is 15.5. The number of aryl methyl sites for hydroxylation is 1. The maximum atomic E-state index is 12.6. The molecule has 1 amide bonds. The second kappa shape index (κ2) is 7.78. The molecule has 138 valence electrons. The summed E-state index contributed by atoms with van der Waals surface area (Å²) >= 11 is 0. The molecular weight excluding hydrogens is 330 g/mol. The van der Waals surface area contributed by atoms with E-state index in [0.29, 0.717) is 36.5 Å². The number of aromatic amines is 1. The van der Waals surface area contributed by atoms with E-state index < -0.39 is 0 Å². The molecule has 3 rings (SSSR count). The van der Waals surface area contributed by atoms with Crippen molar-refractivity contribution in [3.63, 3.8) is 0 Å². The van der Waals surface area contributed by atoms with Crippen molar-refractivity contribution >= 4 is 5.91 Å². The van der Waals surface area contributed by atoms with Gasteiger partial charge in [0.05, 0.1) is 0 Å². The molecule has 2 atom stereocenters. The highest BCUT2D eigenvalue weighted by atomic mass is 16.2. The number of hydrogen-bond donors (Lipinski definition) is 2. The molecule has 7 nitrogen and oxygen atoms in total. The summed E-state index contributed by atoms with van der Waals surface area (Å²) in [6.45, 7) is 7.46. The van der Waals surface area contributed by atoms with Crippen molar-refractivity contribution in [2.75, 3.05) is 13.1 Å². The van der Waals surface area contributed by atoms with Gasteiger partial charge in [0, 0.05) is 60.8 Å². The van der Waals surface area contributed by atoms with Crippen LogP contribution in [0.25, 0.3) is 11.4 Å². The highest BCUT2D eigenvalue weighted by Gasteiger charge is 2.27. The number of nitrogens with zero attached hydrogens (tertiary/aromatic N) is 3. The van der Waals surface area contributed by atoms with E-state index in [-0.39, 0.29) is 23.6 Å². The molecule has 2 aromatic rings. The Balaban J connectivity index is 1.72. The molecule has 0 radical (unpaired) electrons. The van der Waals surface area contributed by atoms with Gasteiger partial charge in [0.25, 0.3) is 5.56 Å². The first-order valence-corrected chi connectivity index (χ1v) is 9.00. The lowest BCUT2D eigenvalue weighted by atomic mass is 10.0. The van der Waals surface area contributed by atoms with Crippen molar-refractivity contribution in [1.29, 1.82) is 0 Å². The van der Waals surface area contributed by atoms with Crippen LogP contribution in [-0.2, 0) is 11.2 Å². The molecule has 26 heavy (non-hydrogen) atoms. The SMILES string of the molecule is Cc1nc(-c2cccnc2)[nH]c(=O)c1CCC(=O)N1CCNC(C)C1C. The number of H-pyrrole nitrogens is 1. The Hall–Kier alpha value is -2.54. The van der Waals surface area contributed by atoms with Crippen LogP contribution in [0, 0.1) is 6.92 Å². The lowest BCUT2D eigenvalue weighted by Gasteiger charge is -2.38. The van der Waals surface area contributed by atoms with E-state index >= 15 is 0 Å². The Morgan fingerprint density at radius 2 is 2.19 bits per heavy atom. The number of amides is 1. The predicted molar refractivity (Wildman–Crippen MR) is 99.8 cm³/mol. The van der Waals surface area contributed by atoms with Crippen LogP contribution in [0.15, 0.2) is 29.3 Å². The van der Waals surface area contributed by atoms with Crippen molar-refractivity contribution in [1.82, 2.24) is 25.2 Å². The number of piperazine rings is 1. The lowest BCUT2D eigenvalue weighted by molar-refractivity contribution is -0.134. The first-order chi connectivity index (χ1) is 12.5. The van der Waals surface area contributed by atoms with Gasteiger partial charge in [-0.25, -0.2) is 4.98 Å². The highest BCUT2D eigenvalue weighted by molar-refractivity contribution is 5.77. The first-order valence-electron chi connectivity index (χ1n) is 9.00. The van der Waals surface area contributed by atoms with Gasteiger partial charge in [-0.1, -0.05) is 0 Å². The van der Waals surface area contributed by atoms with Gasteiger partial charge in [0.1, 0.15) is 5.82 Å². The molecule has 0 aliphatic carbocycles. The average Bonchev–Trinajstić information content (AvgIpc) is 2.63. The van der Waals surface area contributed by atoms with Crippen molar-refractivity contribution in [3.05, 3.63) is 46.1 Å². The van der Waals surface area contributed by atoms with Crippen LogP contribution in [0.3, 0.4) is 0 Å². The summed E-state index contributed by atoms with van der Waals surface area (Å²) in [5.74, 6) is 0.584. The molecule has 1 aliphatic heterocycles. The Morgan fingerprint density at radius 3 is 2.88 bits per heavy atom. The molecule has 2 aromatic heterocycles. The number of aromatic nitrogens is 3.